The Bertz CT molecular complexity index is 599. The van der Waals surface area contributed by atoms with Gasteiger partial charge in [-0.1, -0.05) is 30.3 Å². The van der Waals surface area contributed by atoms with Crippen LogP contribution in [-0.2, 0) is 6.54 Å². The van der Waals surface area contributed by atoms with E-state index in [-0.39, 0.29) is 11.9 Å². The lowest BCUT2D eigenvalue weighted by Crippen LogP contribution is -2.44. The average molecular weight is 311 g/mol. The Hall–Kier alpha value is -2.20. The summed E-state index contributed by atoms with van der Waals surface area (Å²) in [6.45, 7) is 8.09. The Balaban J connectivity index is 1.93. The number of hydrogen-bond acceptors (Lipinski definition) is 3. The van der Waals surface area contributed by atoms with Crippen molar-refractivity contribution in [1.29, 1.82) is 0 Å². The summed E-state index contributed by atoms with van der Waals surface area (Å²) in [5.74, 6) is -0.0525. The third kappa shape index (κ3) is 5.49. The van der Waals surface area contributed by atoms with Gasteiger partial charge in [0.15, 0.2) is 0 Å². The van der Waals surface area contributed by atoms with Crippen LogP contribution in [0.3, 0.4) is 0 Å². The number of hydrogen-bond donors (Lipinski definition) is 1. The van der Waals surface area contributed by atoms with Gasteiger partial charge in [-0.25, -0.2) is 0 Å². The van der Waals surface area contributed by atoms with Crippen molar-refractivity contribution >= 4 is 5.91 Å². The monoisotopic (exact) mass is 311 g/mol. The Labute approximate surface area is 138 Å². The van der Waals surface area contributed by atoms with Gasteiger partial charge in [-0.3, -0.25) is 14.7 Å². The standard InChI is InChI=1S/C19H25N3O/c1-15(2)22(14-17-7-5-4-6-8-17)13-16(3)21-19(23)18-9-11-20-12-10-18/h4-12,15-16H,13-14H2,1-3H3,(H,21,23). The topological polar surface area (TPSA) is 45.2 Å². The lowest BCUT2D eigenvalue weighted by Gasteiger charge is -2.29. The molecule has 2 aromatic rings. The molecule has 1 N–H and O–H groups in total. The van der Waals surface area contributed by atoms with Gasteiger partial charge in [-0.2, -0.15) is 0 Å². The number of amides is 1. The second-order valence-corrected chi connectivity index (χ2v) is 6.12. The zero-order valence-electron chi connectivity index (χ0n) is 14.1. The smallest absolute Gasteiger partial charge is 0.251 e. The first kappa shape index (κ1) is 17.2. The van der Waals surface area contributed by atoms with Crippen molar-refractivity contribution in [1.82, 2.24) is 15.2 Å². The van der Waals surface area contributed by atoms with E-state index in [0.29, 0.717) is 11.6 Å². The lowest BCUT2D eigenvalue weighted by atomic mass is 10.1. The number of nitrogens with one attached hydrogen (secondary N) is 1. The highest BCUT2D eigenvalue weighted by Gasteiger charge is 2.16. The number of nitrogens with zero attached hydrogens (tertiary/aromatic N) is 2. The molecule has 0 spiro atoms. The summed E-state index contributed by atoms with van der Waals surface area (Å²) in [6, 6.07) is 14.4. The van der Waals surface area contributed by atoms with Crippen LogP contribution in [0, 0.1) is 0 Å². The minimum Gasteiger partial charge on any atom is -0.348 e. The van der Waals surface area contributed by atoms with Crippen molar-refractivity contribution in [3.8, 4) is 0 Å². The molecule has 0 aliphatic carbocycles. The molecule has 1 heterocycles. The fraction of sp³-hybridized carbons (Fsp3) is 0.368. The molecule has 4 heteroatoms. The predicted octanol–water partition coefficient (Wildman–Crippen LogP) is 3.11. The maximum atomic E-state index is 12.2. The van der Waals surface area contributed by atoms with Gasteiger partial charge < -0.3 is 5.32 Å². The summed E-state index contributed by atoms with van der Waals surface area (Å²) < 4.78 is 0. The molecule has 0 fully saturated rings. The summed E-state index contributed by atoms with van der Waals surface area (Å²) in [5.41, 5.74) is 1.93. The summed E-state index contributed by atoms with van der Waals surface area (Å²) in [6.07, 6.45) is 3.27. The molecule has 0 bridgehead atoms. The molecule has 1 atom stereocenters. The minimum atomic E-state index is -0.0525. The van der Waals surface area contributed by atoms with Gasteiger partial charge in [-0.15, -0.1) is 0 Å². The van der Waals surface area contributed by atoms with E-state index in [4.69, 9.17) is 0 Å². The van der Waals surface area contributed by atoms with Crippen LogP contribution in [0.25, 0.3) is 0 Å². The third-order valence-corrected chi connectivity index (χ3v) is 3.79. The molecule has 1 aromatic carbocycles. The van der Waals surface area contributed by atoms with Crippen molar-refractivity contribution < 1.29 is 4.79 Å². The number of carbonyl (C=O) groups excluding carboxylic acids is 1. The first-order chi connectivity index (χ1) is 11.1. The van der Waals surface area contributed by atoms with Crippen molar-refractivity contribution in [2.24, 2.45) is 0 Å². The van der Waals surface area contributed by atoms with Crippen molar-refractivity contribution in [2.45, 2.75) is 39.4 Å². The van der Waals surface area contributed by atoms with Gasteiger partial charge in [0.1, 0.15) is 0 Å². The summed E-state index contributed by atoms with van der Waals surface area (Å²) in [7, 11) is 0. The molecule has 0 aliphatic heterocycles. The van der Waals surface area contributed by atoms with Gasteiger partial charge >= 0.3 is 0 Å². The SMILES string of the molecule is CC(CN(Cc1ccccc1)C(C)C)NC(=O)c1ccncc1. The molecule has 0 aliphatic rings. The molecule has 1 unspecified atom stereocenters. The quantitative estimate of drug-likeness (QED) is 0.854. The first-order valence-corrected chi connectivity index (χ1v) is 8.05. The van der Waals surface area contributed by atoms with Crippen LogP contribution in [0.2, 0.25) is 0 Å². The van der Waals surface area contributed by atoms with Crippen LogP contribution in [0.1, 0.15) is 36.7 Å². The van der Waals surface area contributed by atoms with E-state index in [1.165, 1.54) is 5.56 Å². The third-order valence-electron chi connectivity index (χ3n) is 3.79. The largest absolute Gasteiger partial charge is 0.348 e. The number of pyridine rings is 1. The number of carbonyl (C=O) groups is 1. The average Bonchev–Trinajstić information content (AvgIpc) is 2.56. The van der Waals surface area contributed by atoms with Crippen molar-refractivity contribution in [3.63, 3.8) is 0 Å². The highest BCUT2D eigenvalue weighted by Crippen LogP contribution is 2.09. The zero-order valence-corrected chi connectivity index (χ0v) is 14.1. The van der Waals surface area contributed by atoms with Gasteiger partial charge in [-0.05, 0) is 38.5 Å². The Morgan fingerprint density at radius 3 is 2.35 bits per heavy atom. The number of aromatic nitrogens is 1. The molecule has 23 heavy (non-hydrogen) atoms. The molecule has 0 saturated heterocycles. The molecular weight excluding hydrogens is 286 g/mol. The number of benzene rings is 1. The summed E-state index contributed by atoms with van der Waals surface area (Å²) >= 11 is 0. The summed E-state index contributed by atoms with van der Waals surface area (Å²) in [5, 5.41) is 3.06. The van der Waals surface area contributed by atoms with Crippen LogP contribution in [-0.4, -0.2) is 34.4 Å². The molecule has 1 amide bonds. The maximum absolute atomic E-state index is 12.2. The van der Waals surface area contributed by atoms with E-state index in [1.54, 1.807) is 24.5 Å². The van der Waals surface area contributed by atoms with Crippen molar-refractivity contribution in [3.05, 3.63) is 66.0 Å². The van der Waals surface area contributed by atoms with E-state index in [2.05, 4.69) is 53.3 Å². The zero-order chi connectivity index (χ0) is 16.7. The van der Waals surface area contributed by atoms with E-state index in [0.717, 1.165) is 13.1 Å². The fourth-order valence-electron chi connectivity index (χ4n) is 2.48. The second-order valence-electron chi connectivity index (χ2n) is 6.12. The molecule has 0 saturated carbocycles. The van der Waals surface area contributed by atoms with Crippen LogP contribution >= 0.6 is 0 Å². The van der Waals surface area contributed by atoms with E-state index < -0.39 is 0 Å². The van der Waals surface area contributed by atoms with E-state index >= 15 is 0 Å². The van der Waals surface area contributed by atoms with Gasteiger partial charge in [0.2, 0.25) is 0 Å². The van der Waals surface area contributed by atoms with E-state index in [1.807, 2.05) is 13.0 Å². The molecule has 2 rings (SSSR count). The van der Waals surface area contributed by atoms with Crippen LogP contribution in [0.5, 0.6) is 0 Å². The highest BCUT2D eigenvalue weighted by atomic mass is 16.1. The fourth-order valence-corrected chi connectivity index (χ4v) is 2.48. The van der Waals surface area contributed by atoms with Crippen LogP contribution in [0.15, 0.2) is 54.9 Å². The number of rotatable bonds is 7. The van der Waals surface area contributed by atoms with Crippen molar-refractivity contribution in [2.75, 3.05) is 6.54 Å². The molecule has 4 nitrogen and oxygen atoms in total. The molecule has 0 radical (unpaired) electrons. The lowest BCUT2D eigenvalue weighted by molar-refractivity contribution is 0.0921. The van der Waals surface area contributed by atoms with E-state index in [9.17, 15) is 4.79 Å². The first-order valence-electron chi connectivity index (χ1n) is 8.05. The molecule has 1 aromatic heterocycles. The Morgan fingerprint density at radius 2 is 1.74 bits per heavy atom. The predicted molar refractivity (Wildman–Crippen MR) is 93.2 cm³/mol. The van der Waals surface area contributed by atoms with Gasteiger partial charge in [0, 0.05) is 43.1 Å². The van der Waals surface area contributed by atoms with Gasteiger partial charge in [0.05, 0.1) is 0 Å². The highest BCUT2D eigenvalue weighted by molar-refractivity contribution is 5.94. The normalized spacial score (nSPS) is 12.4. The molecule has 122 valence electrons. The van der Waals surface area contributed by atoms with Crippen LogP contribution in [0.4, 0.5) is 0 Å². The Morgan fingerprint density at radius 1 is 1.09 bits per heavy atom. The second kappa shape index (κ2) is 8.44. The maximum Gasteiger partial charge on any atom is 0.251 e. The minimum absolute atomic E-state index is 0.0525. The van der Waals surface area contributed by atoms with Crippen LogP contribution < -0.4 is 5.32 Å². The Kier molecular flexibility index (Phi) is 6.29. The summed E-state index contributed by atoms with van der Waals surface area (Å²) in [4.78, 5) is 18.5. The van der Waals surface area contributed by atoms with Gasteiger partial charge in [0.25, 0.3) is 5.91 Å². The molecular formula is C19H25N3O.